The van der Waals surface area contributed by atoms with E-state index in [-0.39, 0.29) is 5.91 Å². The normalized spacial score (nSPS) is 15.9. The van der Waals surface area contributed by atoms with Gasteiger partial charge >= 0.3 is 0 Å². The summed E-state index contributed by atoms with van der Waals surface area (Å²) >= 11 is 0. The summed E-state index contributed by atoms with van der Waals surface area (Å²) in [5, 5.41) is 12.6. The summed E-state index contributed by atoms with van der Waals surface area (Å²) < 4.78 is 7.34. The zero-order chi connectivity index (χ0) is 18.1. The Bertz CT molecular complexity index is 905. The van der Waals surface area contributed by atoms with Gasteiger partial charge in [0, 0.05) is 37.7 Å². The van der Waals surface area contributed by atoms with Crippen LogP contribution in [0.25, 0.3) is 5.65 Å². The third-order valence-corrected chi connectivity index (χ3v) is 4.87. The van der Waals surface area contributed by atoms with Crippen LogP contribution < -0.4 is 0 Å². The van der Waals surface area contributed by atoms with Crippen LogP contribution in [0.5, 0.6) is 0 Å². The van der Waals surface area contributed by atoms with Crippen molar-refractivity contribution >= 4 is 11.6 Å². The molecular formula is C19H23N5O2. The molecule has 136 valence electrons. The monoisotopic (exact) mass is 353 g/mol. The summed E-state index contributed by atoms with van der Waals surface area (Å²) in [4.78, 5) is 14.5. The molecule has 0 aromatic carbocycles. The van der Waals surface area contributed by atoms with Crippen molar-refractivity contribution in [3.63, 3.8) is 0 Å². The molecule has 4 heterocycles. The topological polar surface area (TPSA) is 76.5 Å². The van der Waals surface area contributed by atoms with Crippen LogP contribution in [0.1, 0.15) is 54.7 Å². The molecule has 1 amide bonds. The van der Waals surface area contributed by atoms with E-state index in [1.165, 1.54) is 0 Å². The van der Waals surface area contributed by atoms with Crippen LogP contribution in [0.3, 0.4) is 0 Å². The van der Waals surface area contributed by atoms with Crippen LogP contribution in [0.15, 0.2) is 35.0 Å². The summed E-state index contributed by atoms with van der Waals surface area (Å²) in [7, 11) is 0. The maximum atomic E-state index is 12.7. The molecule has 26 heavy (non-hydrogen) atoms. The van der Waals surface area contributed by atoms with E-state index in [2.05, 4.69) is 29.2 Å². The number of fused-ring (bicyclic) bond motifs is 1. The average molecular weight is 353 g/mol. The van der Waals surface area contributed by atoms with E-state index in [9.17, 15) is 4.79 Å². The number of amides is 1. The minimum absolute atomic E-state index is 0.0479. The zero-order valence-corrected chi connectivity index (χ0v) is 15.1. The van der Waals surface area contributed by atoms with Crippen molar-refractivity contribution in [3.05, 3.63) is 47.7 Å². The third-order valence-electron chi connectivity index (χ3n) is 4.87. The van der Waals surface area contributed by atoms with E-state index >= 15 is 0 Å². The first kappa shape index (κ1) is 16.8. The molecule has 1 aliphatic heterocycles. The van der Waals surface area contributed by atoms with E-state index in [1.807, 2.05) is 33.7 Å². The third kappa shape index (κ3) is 3.21. The SMILES string of the molecule is CC(C)Cc1cc(C(=O)N2CCC(c3nnc4ccccn34)CC2)no1. The summed E-state index contributed by atoms with van der Waals surface area (Å²) in [5.41, 5.74) is 1.27. The van der Waals surface area contributed by atoms with Crippen LogP contribution in [0, 0.1) is 5.92 Å². The Hall–Kier alpha value is -2.70. The molecule has 0 unspecified atom stereocenters. The molecule has 1 fully saturated rings. The standard InChI is InChI=1S/C19H23N5O2/c1-13(2)11-15-12-16(22-26-15)19(25)23-9-6-14(7-10-23)18-21-20-17-5-3-4-8-24(17)18/h3-5,8,12-14H,6-7,9-11H2,1-2H3. The first-order valence-electron chi connectivity index (χ1n) is 9.16. The van der Waals surface area contributed by atoms with Crippen molar-refractivity contribution in [1.82, 2.24) is 24.7 Å². The average Bonchev–Trinajstić information content (AvgIpc) is 3.28. The van der Waals surface area contributed by atoms with Crippen LogP contribution in [-0.2, 0) is 6.42 Å². The van der Waals surface area contributed by atoms with Gasteiger partial charge in [0.15, 0.2) is 11.3 Å². The highest BCUT2D eigenvalue weighted by Gasteiger charge is 2.28. The summed E-state index contributed by atoms with van der Waals surface area (Å²) in [6.07, 6.45) is 4.53. The molecule has 3 aromatic heterocycles. The number of hydrogen-bond donors (Lipinski definition) is 0. The molecule has 1 aliphatic rings. The summed E-state index contributed by atoms with van der Waals surface area (Å²) in [6.45, 7) is 5.61. The molecule has 7 nitrogen and oxygen atoms in total. The largest absolute Gasteiger partial charge is 0.361 e. The molecule has 3 aromatic rings. The van der Waals surface area contributed by atoms with Gasteiger partial charge in [0.1, 0.15) is 11.6 Å². The minimum Gasteiger partial charge on any atom is -0.361 e. The molecule has 0 bridgehead atoms. The van der Waals surface area contributed by atoms with E-state index in [0.717, 1.165) is 36.5 Å². The fourth-order valence-corrected chi connectivity index (χ4v) is 3.55. The second-order valence-corrected chi connectivity index (χ2v) is 7.33. The van der Waals surface area contributed by atoms with Crippen LogP contribution in [0.4, 0.5) is 0 Å². The van der Waals surface area contributed by atoms with Gasteiger partial charge in [-0.2, -0.15) is 0 Å². The fraction of sp³-hybridized carbons (Fsp3) is 0.474. The Kier molecular flexibility index (Phi) is 4.44. The van der Waals surface area contributed by atoms with E-state index < -0.39 is 0 Å². The lowest BCUT2D eigenvalue weighted by Crippen LogP contribution is -2.38. The summed E-state index contributed by atoms with van der Waals surface area (Å²) in [6, 6.07) is 7.67. The van der Waals surface area contributed by atoms with Gasteiger partial charge < -0.3 is 9.42 Å². The fourth-order valence-electron chi connectivity index (χ4n) is 3.55. The highest BCUT2D eigenvalue weighted by molar-refractivity contribution is 5.92. The predicted octanol–water partition coefficient (Wildman–Crippen LogP) is 2.94. The molecule has 0 saturated carbocycles. The van der Waals surface area contributed by atoms with Crippen LogP contribution in [-0.4, -0.2) is 43.7 Å². The molecule has 0 radical (unpaired) electrons. The number of aromatic nitrogens is 4. The number of rotatable bonds is 4. The first-order valence-corrected chi connectivity index (χ1v) is 9.16. The lowest BCUT2D eigenvalue weighted by Gasteiger charge is -2.30. The van der Waals surface area contributed by atoms with Gasteiger partial charge in [0.05, 0.1) is 0 Å². The van der Waals surface area contributed by atoms with Crippen molar-refractivity contribution in [1.29, 1.82) is 0 Å². The van der Waals surface area contributed by atoms with E-state index in [1.54, 1.807) is 6.07 Å². The number of carbonyl (C=O) groups excluding carboxylic acids is 1. The molecular weight excluding hydrogens is 330 g/mol. The Balaban J connectivity index is 1.41. The molecule has 0 aliphatic carbocycles. The lowest BCUT2D eigenvalue weighted by atomic mass is 9.95. The van der Waals surface area contributed by atoms with Gasteiger partial charge in [-0.15, -0.1) is 10.2 Å². The first-order chi connectivity index (χ1) is 12.6. The maximum Gasteiger partial charge on any atom is 0.276 e. The number of carbonyl (C=O) groups is 1. The smallest absolute Gasteiger partial charge is 0.276 e. The van der Waals surface area contributed by atoms with Crippen molar-refractivity contribution in [3.8, 4) is 0 Å². The predicted molar refractivity (Wildman–Crippen MR) is 95.9 cm³/mol. The van der Waals surface area contributed by atoms with Gasteiger partial charge in [-0.25, -0.2) is 0 Å². The molecule has 0 atom stereocenters. The number of likely N-dealkylation sites (tertiary alicyclic amines) is 1. The molecule has 0 N–H and O–H groups in total. The highest BCUT2D eigenvalue weighted by Crippen LogP contribution is 2.27. The van der Waals surface area contributed by atoms with Crippen molar-refractivity contribution in [2.45, 2.75) is 39.0 Å². The Morgan fingerprint density at radius 2 is 2.08 bits per heavy atom. The van der Waals surface area contributed by atoms with Crippen molar-refractivity contribution in [2.75, 3.05) is 13.1 Å². The molecule has 4 rings (SSSR count). The van der Waals surface area contributed by atoms with Crippen LogP contribution in [0.2, 0.25) is 0 Å². The highest BCUT2D eigenvalue weighted by atomic mass is 16.5. The Morgan fingerprint density at radius 3 is 2.85 bits per heavy atom. The Morgan fingerprint density at radius 1 is 1.27 bits per heavy atom. The summed E-state index contributed by atoms with van der Waals surface area (Å²) in [5.74, 6) is 2.49. The van der Waals surface area contributed by atoms with Gasteiger partial charge in [0.25, 0.3) is 5.91 Å². The minimum atomic E-state index is -0.0479. The number of piperidine rings is 1. The second kappa shape index (κ2) is 6.90. The van der Waals surface area contributed by atoms with Crippen LogP contribution >= 0.6 is 0 Å². The van der Waals surface area contributed by atoms with Crippen molar-refractivity contribution in [2.24, 2.45) is 5.92 Å². The van der Waals surface area contributed by atoms with Gasteiger partial charge in [-0.3, -0.25) is 9.20 Å². The van der Waals surface area contributed by atoms with E-state index in [4.69, 9.17) is 4.52 Å². The Labute approximate surface area is 152 Å². The van der Waals surface area contributed by atoms with Gasteiger partial charge in [0.2, 0.25) is 0 Å². The lowest BCUT2D eigenvalue weighted by molar-refractivity contribution is 0.0700. The van der Waals surface area contributed by atoms with Gasteiger partial charge in [-0.05, 0) is 30.9 Å². The van der Waals surface area contributed by atoms with E-state index in [0.29, 0.717) is 30.6 Å². The number of hydrogen-bond acceptors (Lipinski definition) is 5. The number of pyridine rings is 1. The van der Waals surface area contributed by atoms with Gasteiger partial charge in [-0.1, -0.05) is 25.1 Å². The molecule has 1 saturated heterocycles. The molecule has 0 spiro atoms. The van der Waals surface area contributed by atoms with Crippen molar-refractivity contribution < 1.29 is 9.32 Å². The molecule has 7 heteroatoms. The second-order valence-electron chi connectivity index (χ2n) is 7.33. The maximum absolute atomic E-state index is 12.7. The quantitative estimate of drug-likeness (QED) is 0.721. The zero-order valence-electron chi connectivity index (χ0n) is 15.1. The number of nitrogens with zero attached hydrogens (tertiary/aromatic N) is 5.